The summed E-state index contributed by atoms with van der Waals surface area (Å²) in [6, 6.07) is 15.2. The number of nitrogens with zero attached hydrogens (tertiary/aromatic N) is 1. The van der Waals surface area contributed by atoms with E-state index in [1.165, 1.54) is 0 Å². The summed E-state index contributed by atoms with van der Waals surface area (Å²) < 4.78 is 0. The van der Waals surface area contributed by atoms with Crippen molar-refractivity contribution >= 4 is 40.9 Å². The molecule has 2 aromatic carbocycles. The van der Waals surface area contributed by atoms with Crippen LogP contribution in [-0.2, 0) is 20.9 Å². The predicted molar refractivity (Wildman–Crippen MR) is 121 cm³/mol. The maximum atomic E-state index is 12.6. The quantitative estimate of drug-likeness (QED) is 0.631. The molecule has 2 N–H and O–H groups in total. The first-order chi connectivity index (χ1) is 14.5. The van der Waals surface area contributed by atoms with E-state index < -0.39 is 0 Å². The smallest absolute Gasteiger partial charge is 0.227 e. The summed E-state index contributed by atoms with van der Waals surface area (Å²) in [5, 5.41) is 5.77. The Kier molecular flexibility index (Phi) is 7.52. The SMILES string of the molecule is CCCC(=O)Nc1ccc(CNC(=O)C2CC(=O)N(c3ccc(SC)cc3)C2)cc1. The molecule has 7 heteroatoms. The molecule has 0 spiro atoms. The summed E-state index contributed by atoms with van der Waals surface area (Å²) in [7, 11) is 0. The third-order valence-corrected chi connectivity index (χ3v) is 5.80. The molecule has 1 atom stereocenters. The lowest BCUT2D eigenvalue weighted by Crippen LogP contribution is -2.32. The number of hydrogen-bond donors (Lipinski definition) is 2. The van der Waals surface area contributed by atoms with Gasteiger partial charge in [0.05, 0.1) is 5.92 Å². The number of benzene rings is 2. The van der Waals surface area contributed by atoms with Crippen molar-refractivity contribution in [2.24, 2.45) is 5.92 Å². The highest BCUT2D eigenvalue weighted by atomic mass is 32.2. The highest BCUT2D eigenvalue weighted by Gasteiger charge is 2.34. The molecule has 0 bridgehead atoms. The van der Waals surface area contributed by atoms with Crippen LogP contribution in [0.25, 0.3) is 0 Å². The molecule has 1 unspecified atom stereocenters. The second kappa shape index (κ2) is 10.3. The van der Waals surface area contributed by atoms with Gasteiger partial charge in [0, 0.05) is 42.2 Å². The van der Waals surface area contributed by atoms with E-state index in [4.69, 9.17) is 0 Å². The van der Waals surface area contributed by atoms with Crippen LogP contribution in [0, 0.1) is 5.92 Å². The summed E-state index contributed by atoms with van der Waals surface area (Å²) in [6.45, 7) is 2.74. The lowest BCUT2D eigenvalue weighted by atomic mass is 10.1. The van der Waals surface area contributed by atoms with Crippen molar-refractivity contribution in [2.75, 3.05) is 23.0 Å². The average Bonchev–Trinajstić information content (AvgIpc) is 3.15. The topological polar surface area (TPSA) is 78.5 Å². The Bertz CT molecular complexity index is 897. The molecular formula is C23H27N3O3S. The third kappa shape index (κ3) is 5.63. The van der Waals surface area contributed by atoms with E-state index in [1.807, 2.05) is 61.7 Å². The number of rotatable bonds is 8. The van der Waals surface area contributed by atoms with Crippen molar-refractivity contribution in [3.63, 3.8) is 0 Å². The van der Waals surface area contributed by atoms with Crippen molar-refractivity contribution < 1.29 is 14.4 Å². The van der Waals surface area contributed by atoms with Crippen molar-refractivity contribution in [1.29, 1.82) is 0 Å². The average molecular weight is 426 g/mol. The van der Waals surface area contributed by atoms with E-state index >= 15 is 0 Å². The number of anilines is 2. The largest absolute Gasteiger partial charge is 0.352 e. The van der Waals surface area contributed by atoms with Gasteiger partial charge in [0.2, 0.25) is 17.7 Å². The van der Waals surface area contributed by atoms with E-state index in [0.717, 1.165) is 28.3 Å². The van der Waals surface area contributed by atoms with Gasteiger partial charge < -0.3 is 15.5 Å². The zero-order valence-electron chi connectivity index (χ0n) is 17.3. The van der Waals surface area contributed by atoms with Crippen LogP contribution in [0.4, 0.5) is 11.4 Å². The van der Waals surface area contributed by atoms with Crippen LogP contribution in [0.15, 0.2) is 53.4 Å². The Morgan fingerprint density at radius 1 is 1.10 bits per heavy atom. The van der Waals surface area contributed by atoms with Gasteiger partial charge in [-0.25, -0.2) is 0 Å². The Balaban J connectivity index is 1.51. The minimum absolute atomic E-state index is 0.00269. The van der Waals surface area contributed by atoms with Crippen LogP contribution in [0.1, 0.15) is 31.7 Å². The van der Waals surface area contributed by atoms with Gasteiger partial charge in [-0.3, -0.25) is 14.4 Å². The second-order valence-corrected chi connectivity index (χ2v) is 8.20. The predicted octanol–water partition coefficient (Wildman–Crippen LogP) is 3.82. The molecule has 158 valence electrons. The molecular weight excluding hydrogens is 398 g/mol. The molecule has 30 heavy (non-hydrogen) atoms. The fourth-order valence-corrected chi connectivity index (χ4v) is 3.79. The van der Waals surface area contributed by atoms with Gasteiger partial charge in [0.15, 0.2) is 0 Å². The molecule has 3 amide bonds. The number of amides is 3. The summed E-state index contributed by atoms with van der Waals surface area (Å²) in [5.74, 6) is -0.506. The molecule has 1 saturated heterocycles. The number of thioether (sulfide) groups is 1. The maximum absolute atomic E-state index is 12.6. The monoisotopic (exact) mass is 425 g/mol. The summed E-state index contributed by atoms with van der Waals surface area (Å²) in [4.78, 5) is 39.4. The standard InChI is InChI=1S/C23H27N3O3S/c1-3-4-21(27)25-18-7-5-16(6-8-18)14-24-23(29)17-13-22(28)26(15-17)19-9-11-20(30-2)12-10-19/h5-12,17H,3-4,13-15H2,1-2H3,(H,24,29)(H,25,27). The van der Waals surface area contributed by atoms with Crippen molar-refractivity contribution in [3.05, 3.63) is 54.1 Å². The number of hydrogen-bond acceptors (Lipinski definition) is 4. The third-order valence-electron chi connectivity index (χ3n) is 5.06. The molecule has 1 fully saturated rings. The van der Waals surface area contributed by atoms with Gasteiger partial charge >= 0.3 is 0 Å². The zero-order chi connectivity index (χ0) is 21.5. The number of nitrogens with one attached hydrogen (secondary N) is 2. The molecule has 2 aromatic rings. The number of carbonyl (C=O) groups excluding carboxylic acids is 3. The fourth-order valence-electron chi connectivity index (χ4n) is 3.38. The molecule has 6 nitrogen and oxygen atoms in total. The van der Waals surface area contributed by atoms with E-state index in [2.05, 4.69) is 10.6 Å². The summed E-state index contributed by atoms with van der Waals surface area (Å²) >= 11 is 1.65. The minimum atomic E-state index is -0.356. The lowest BCUT2D eigenvalue weighted by Gasteiger charge is -2.17. The molecule has 0 saturated carbocycles. The van der Waals surface area contributed by atoms with E-state index in [1.54, 1.807) is 16.7 Å². The fraction of sp³-hybridized carbons (Fsp3) is 0.348. The van der Waals surface area contributed by atoms with E-state index in [0.29, 0.717) is 19.5 Å². The van der Waals surface area contributed by atoms with Crippen LogP contribution >= 0.6 is 11.8 Å². The van der Waals surface area contributed by atoms with Crippen LogP contribution in [-0.4, -0.2) is 30.5 Å². The van der Waals surface area contributed by atoms with E-state index in [9.17, 15) is 14.4 Å². The van der Waals surface area contributed by atoms with E-state index in [-0.39, 0.29) is 30.1 Å². The first-order valence-corrected chi connectivity index (χ1v) is 11.3. The zero-order valence-corrected chi connectivity index (χ0v) is 18.1. The summed E-state index contributed by atoms with van der Waals surface area (Å²) in [5.41, 5.74) is 2.51. The molecule has 0 aromatic heterocycles. The molecule has 1 aliphatic heterocycles. The summed E-state index contributed by atoms with van der Waals surface area (Å²) in [6.07, 6.45) is 3.53. The molecule has 3 rings (SSSR count). The normalized spacial score (nSPS) is 15.9. The second-order valence-electron chi connectivity index (χ2n) is 7.32. The Morgan fingerprint density at radius 3 is 2.43 bits per heavy atom. The van der Waals surface area contributed by atoms with Crippen LogP contribution < -0.4 is 15.5 Å². The molecule has 1 aliphatic rings. The van der Waals surface area contributed by atoms with Crippen LogP contribution in [0.2, 0.25) is 0 Å². The van der Waals surface area contributed by atoms with Gasteiger partial charge in [-0.15, -0.1) is 11.8 Å². The van der Waals surface area contributed by atoms with Crippen molar-refractivity contribution in [1.82, 2.24) is 5.32 Å². The Hall–Kier alpha value is -2.80. The van der Waals surface area contributed by atoms with Crippen LogP contribution in [0.5, 0.6) is 0 Å². The van der Waals surface area contributed by atoms with Gasteiger partial charge in [-0.2, -0.15) is 0 Å². The van der Waals surface area contributed by atoms with Gasteiger partial charge in [-0.05, 0) is 54.6 Å². The minimum Gasteiger partial charge on any atom is -0.352 e. The molecule has 0 aliphatic carbocycles. The van der Waals surface area contributed by atoms with Gasteiger partial charge in [0.1, 0.15) is 0 Å². The molecule has 1 heterocycles. The van der Waals surface area contributed by atoms with Crippen molar-refractivity contribution in [3.8, 4) is 0 Å². The van der Waals surface area contributed by atoms with Gasteiger partial charge in [0.25, 0.3) is 0 Å². The first kappa shape index (κ1) is 21.9. The number of carbonyl (C=O) groups is 3. The van der Waals surface area contributed by atoms with Crippen LogP contribution in [0.3, 0.4) is 0 Å². The highest BCUT2D eigenvalue weighted by Crippen LogP contribution is 2.27. The maximum Gasteiger partial charge on any atom is 0.227 e. The molecule has 0 radical (unpaired) electrons. The Morgan fingerprint density at radius 2 is 1.80 bits per heavy atom. The first-order valence-electron chi connectivity index (χ1n) is 10.1. The Labute approximate surface area is 181 Å². The lowest BCUT2D eigenvalue weighted by molar-refractivity contribution is -0.126. The van der Waals surface area contributed by atoms with Gasteiger partial charge in [-0.1, -0.05) is 19.1 Å². The van der Waals surface area contributed by atoms with Crippen molar-refractivity contribution in [2.45, 2.75) is 37.6 Å². The highest BCUT2D eigenvalue weighted by molar-refractivity contribution is 7.98.